The van der Waals surface area contributed by atoms with E-state index in [0.717, 1.165) is 25.7 Å². The van der Waals surface area contributed by atoms with Crippen molar-refractivity contribution >= 4 is 5.97 Å². The average Bonchev–Trinajstić information content (AvgIpc) is 2.13. The zero-order chi connectivity index (χ0) is 11.7. The molecule has 0 amide bonds. The highest BCUT2D eigenvalue weighted by Gasteiger charge is 2.14. The van der Waals surface area contributed by atoms with Crippen molar-refractivity contribution in [1.82, 2.24) is 0 Å². The Morgan fingerprint density at radius 1 is 1.20 bits per heavy atom. The van der Waals surface area contributed by atoms with Crippen LogP contribution >= 0.6 is 0 Å². The first-order chi connectivity index (χ1) is 6.95. The van der Waals surface area contributed by atoms with Gasteiger partial charge in [-0.15, -0.1) is 0 Å². The van der Waals surface area contributed by atoms with E-state index in [9.17, 15) is 4.79 Å². The third-order valence-electron chi connectivity index (χ3n) is 2.06. The Morgan fingerprint density at radius 2 is 1.87 bits per heavy atom. The van der Waals surface area contributed by atoms with E-state index in [1.165, 1.54) is 0 Å². The second-order valence-corrected chi connectivity index (χ2v) is 5.05. The molecule has 0 radical (unpaired) electrons. The standard InChI is InChI=1S/C12H24O3/c1-5-6-7-10-14-15-11(13)8-9-12(2,3)4/h5-10H2,1-4H3. The lowest BCUT2D eigenvalue weighted by Crippen LogP contribution is -2.12. The molecular formula is C12H24O3. The van der Waals surface area contributed by atoms with E-state index in [0.29, 0.717) is 13.0 Å². The van der Waals surface area contributed by atoms with Gasteiger partial charge in [-0.25, -0.2) is 4.79 Å². The van der Waals surface area contributed by atoms with Crippen molar-refractivity contribution in [3.05, 3.63) is 0 Å². The van der Waals surface area contributed by atoms with E-state index in [2.05, 4.69) is 32.6 Å². The van der Waals surface area contributed by atoms with Gasteiger partial charge < -0.3 is 0 Å². The van der Waals surface area contributed by atoms with Gasteiger partial charge in [0.2, 0.25) is 0 Å². The van der Waals surface area contributed by atoms with Crippen LogP contribution in [0.15, 0.2) is 0 Å². The Balaban J connectivity index is 3.34. The summed E-state index contributed by atoms with van der Waals surface area (Å²) < 4.78 is 0. The molecule has 3 nitrogen and oxygen atoms in total. The number of unbranched alkanes of at least 4 members (excludes halogenated alkanes) is 2. The average molecular weight is 216 g/mol. The van der Waals surface area contributed by atoms with Gasteiger partial charge in [-0.2, -0.15) is 4.89 Å². The molecule has 0 aliphatic heterocycles. The Labute approximate surface area is 93.1 Å². The molecule has 0 aromatic rings. The lowest BCUT2D eigenvalue weighted by molar-refractivity contribution is -0.273. The topological polar surface area (TPSA) is 35.5 Å². The number of hydrogen-bond donors (Lipinski definition) is 0. The number of carbonyl (C=O) groups excluding carboxylic acids is 1. The SMILES string of the molecule is CCCCCOOC(=O)CCC(C)(C)C. The summed E-state index contributed by atoms with van der Waals surface area (Å²) in [5.41, 5.74) is 0.168. The molecule has 0 heterocycles. The van der Waals surface area contributed by atoms with E-state index < -0.39 is 0 Å². The first-order valence-electron chi connectivity index (χ1n) is 5.78. The minimum atomic E-state index is -0.263. The normalized spacial score (nSPS) is 11.5. The van der Waals surface area contributed by atoms with E-state index in [-0.39, 0.29) is 11.4 Å². The molecule has 0 bridgehead atoms. The van der Waals surface area contributed by atoms with Crippen LogP contribution in [0.3, 0.4) is 0 Å². The molecule has 0 aliphatic rings. The van der Waals surface area contributed by atoms with Crippen molar-refractivity contribution in [2.45, 2.75) is 59.8 Å². The summed E-state index contributed by atoms with van der Waals surface area (Å²) in [6.45, 7) is 8.93. The molecule has 0 rings (SSSR count). The fraction of sp³-hybridized carbons (Fsp3) is 0.917. The number of carbonyl (C=O) groups is 1. The van der Waals surface area contributed by atoms with Crippen LogP contribution in [-0.2, 0) is 14.6 Å². The summed E-state index contributed by atoms with van der Waals surface area (Å²) >= 11 is 0. The summed E-state index contributed by atoms with van der Waals surface area (Å²) in [6, 6.07) is 0. The lowest BCUT2D eigenvalue weighted by atomic mass is 9.91. The minimum absolute atomic E-state index is 0.168. The van der Waals surface area contributed by atoms with Crippen LogP contribution in [0.1, 0.15) is 59.8 Å². The molecule has 0 aliphatic carbocycles. The predicted molar refractivity (Wildman–Crippen MR) is 60.3 cm³/mol. The van der Waals surface area contributed by atoms with Crippen LogP contribution < -0.4 is 0 Å². The van der Waals surface area contributed by atoms with E-state index in [1.807, 2.05) is 0 Å². The molecule has 0 N–H and O–H groups in total. The van der Waals surface area contributed by atoms with Gasteiger partial charge in [-0.05, 0) is 18.3 Å². The molecule has 0 saturated carbocycles. The van der Waals surface area contributed by atoms with E-state index in [4.69, 9.17) is 4.89 Å². The molecule has 0 spiro atoms. The van der Waals surface area contributed by atoms with Crippen LogP contribution in [0.5, 0.6) is 0 Å². The van der Waals surface area contributed by atoms with Crippen LogP contribution in [0.25, 0.3) is 0 Å². The number of hydrogen-bond acceptors (Lipinski definition) is 3. The van der Waals surface area contributed by atoms with Gasteiger partial charge in [0.1, 0.15) is 0 Å². The first kappa shape index (κ1) is 14.4. The highest BCUT2D eigenvalue weighted by atomic mass is 17.2. The molecule has 15 heavy (non-hydrogen) atoms. The third-order valence-corrected chi connectivity index (χ3v) is 2.06. The Bertz CT molecular complexity index is 170. The minimum Gasteiger partial charge on any atom is -0.298 e. The van der Waals surface area contributed by atoms with Crippen molar-refractivity contribution in [3.8, 4) is 0 Å². The van der Waals surface area contributed by atoms with Gasteiger partial charge in [-0.3, -0.25) is 4.89 Å². The molecule has 0 fully saturated rings. The van der Waals surface area contributed by atoms with Crippen LogP contribution in [-0.4, -0.2) is 12.6 Å². The molecule has 0 aromatic carbocycles. The zero-order valence-electron chi connectivity index (χ0n) is 10.5. The second-order valence-electron chi connectivity index (χ2n) is 5.05. The largest absolute Gasteiger partial charge is 0.342 e. The fourth-order valence-electron chi connectivity index (χ4n) is 1.04. The summed E-state index contributed by atoms with van der Waals surface area (Å²) in [6.07, 6.45) is 4.45. The molecule has 0 unspecified atom stereocenters. The van der Waals surface area contributed by atoms with Crippen molar-refractivity contribution in [3.63, 3.8) is 0 Å². The monoisotopic (exact) mass is 216 g/mol. The Morgan fingerprint density at radius 3 is 2.40 bits per heavy atom. The number of rotatable bonds is 7. The second kappa shape index (κ2) is 7.69. The van der Waals surface area contributed by atoms with Crippen LogP contribution in [0, 0.1) is 5.41 Å². The molecule has 0 saturated heterocycles. The van der Waals surface area contributed by atoms with Gasteiger partial charge in [0.25, 0.3) is 0 Å². The predicted octanol–water partition coefficient (Wildman–Crippen LogP) is 3.48. The third kappa shape index (κ3) is 11.4. The summed E-state index contributed by atoms with van der Waals surface area (Å²) in [7, 11) is 0. The van der Waals surface area contributed by atoms with Gasteiger partial charge in [-0.1, -0.05) is 40.5 Å². The molecule has 0 aromatic heterocycles. The van der Waals surface area contributed by atoms with Gasteiger partial charge in [0.05, 0.1) is 6.61 Å². The maximum absolute atomic E-state index is 11.2. The van der Waals surface area contributed by atoms with Crippen molar-refractivity contribution in [1.29, 1.82) is 0 Å². The van der Waals surface area contributed by atoms with Gasteiger partial charge >= 0.3 is 5.97 Å². The zero-order valence-corrected chi connectivity index (χ0v) is 10.5. The fourth-order valence-corrected chi connectivity index (χ4v) is 1.04. The summed E-state index contributed by atoms with van der Waals surface area (Å²) in [4.78, 5) is 20.6. The van der Waals surface area contributed by atoms with Crippen molar-refractivity contribution < 1.29 is 14.6 Å². The van der Waals surface area contributed by atoms with Crippen LogP contribution in [0.4, 0.5) is 0 Å². The van der Waals surface area contributed by atoms with Crippen LogP contribution in [0.2, 0.25) is 0 Å². The molecule has 3 heteroatoms. The smallest absolute Gasteiger partial charge is 0.298 e. The van der Waals surface area contributed by atoms with Gasteiger partial charge in [0.15, 0.2) is 0 Å². The Hall–Kier alpha value is -0.570. The molecule has 0 atom stereocenters. The van der Waals surface area contributed by atoms with Gasteiger partial charge in [0, 0.05) is 6.42 Å². The summed E-state index contributed by atoms with van der Waals surface area (Å²) in [5, 5.41) is 0. The lowest BCUT2D eigenvalue weighted by Gasteiger charge is -2.16. The Kier molecular flexibility index (Phi) is 7.39. The molecular weight excluding hydrogens is 192 g/mol. The highest BCUT2D eigenvalue weighted by Crippen LogP contribution is 2.20. The summed E-state index contributed by atoms with van der Waals surface area (Å²) in [5.74, 6) is -0.263. The van der Waals surface area contributed by atoms with Crippen molar-refractivity contribution in [2.24, 2.45) is 5.41 Å². The van der Waals surface area contributed by atoms with E-state index >= 15 is 0 Å². The maximum atomic E-state index is 11.2. The first-order valence-corrected chi connectivity index (χ1v) is 5.78. The maximum Gasteiger partial charge on any atom is 0.342 e. The van der Waals surface area contributed by atoms with Crippen molar-refractivity contribution in [2.75, 3.05) is 6.61 Å². The van der Waals surface area contributed by atoms with E-state index in [1.54, 1.807) is 0 Å². The molecule has 90 valence electrons. The quantitative estimate of drug-likeness (QED) is 0.371. The highest BCUT2D eigenvalue weighted by molar-refractivity contribution is 5.68.